The molecule has 1 unspecified atom stereocenters. The van der Waals surface area contributed by atoms with E-state index in [1.807, 2.05) is 18.3 Å². The quantitative estimate of drug-likeness (QED) is 0.771. The van der Waals surface area contributed by atoms with E-state index >= 15 is 0 Å². The number of nitrogens with zero attached hydrogens (tertiary/aromatic N) is 2. The van der Waals surface area contributed by atoms with Gasteiger partial charge in [-0.3, -0.25) is 10.3 Å². The van der Waals surface area contributed by atoms with E-state index in [9.17, 15) is 0 Å². The molecule has 0 radical (unpaired) electrons. The zero-order valence-electron chi connectivity index (χ0n) is 12.2. The first-order valence-corrected chi connectivity index (χ1v) is 8.57. The summed E-state index contributed by atoms with van der Waals surface area (Å²) in [6, 6.07) is 10.3. The van der Waals surface area contributed by atoms with Crippen molar-refractivity contribution in [2.75, 3.05) is 11.9 Å². The third-order valence-corrected chi connectivity index (χ3v) is 4.86. The number of rotatable bonds is 3. The molecule has 0 bridgehead atoms. The molecule has 4 rings (SSSR count). The molecule has 2 aromatic heterocycles. The lowest BCUT2D eigenvalue weighted by Crippen LogP contribution is -2.39. The molecule has 1 aromatic carbocycles. The van der Waals surface area contributed by atoms with Gasteiger partial charge in [-0.25, -0.2) is 4.98 Å². The third-order valence-electron chi connectivity index (χ3n) is 3.97. The summed E-state index contributed by atoms with van der Waals surface area (Å²) in [6.45, 7) is 1.09. The number of aromatic nitrogens is 2. The predicted molar refractivity (Wildman–Crippen MR) is 92.1 cm³/mol. The minimum absolute atomic E-state index is 0.361. The second-order valence-corrected chi connectivity index (χ2v) is 6.53. The second kappa shape index (κ2) is 6.02. The van der Waals surface area contributed by atoms with Gasteiger partial charge in [-0.1, -0.05) is 6.07 Å². The fourth-order valence-corrected chi connectivity index (χ4v) is 3.50. The van der Waals surface area contributed by atoms with Crippen LogP contribution in [-0.2, 0) is 0 Å². The second-order valence-electron chi connectivity index (χ2n) is 5.58. The van der Waals surface area contributed by atoms with Crippen molar-refractivity contribution < 1.29 is 0 Å². The van der Waals surface area contributed by atoms with E-state index < -0.39 is 0 Å². The fourth-order valence-electron chi connectivity index (χ4n) is 2.82. The number of nitrogens with one attached hydrogen (secondary N) is 2. The highest BCUT2D eigenvalue weighted by atomic mass is 32.1. The molecule has 3 aromatic rings. The van der Waals surface area contributed by atoms with Gasteiger partial charge in [0.25, 0.3) is 0 Å². The van der Waals surface area contributed by atoms with E-state index in [4.69, 9.17) is 4.98 Å². The Morgan fingerprint density at radius 1 is 1.18 bits per heavy atom. The Labute approximate surface area is 133 Å². The van der Waals surface area contributed by atoms with Gasteiger partial charge in [-0.15, -0.1) is 11.3 Å². The summed E-state index contributed by atoms with van der Waals surface area (Å²) < 4.78 is 0. The molecule has 1 aliphatic rings. The van der Waals surface area contributed by atoms with Crippen LogP contribution in [0.4, 0.5) is 5.69 Å². The van der Waals surface area contributed by atoms with E-state index in [-0.39, 0.29) is 0 Å². The van der Waals surface area contributed by atoms with Gasteiger partial charge in [0.05, 0.1) is 34.0 Å². The summed E-state index contributed by atoms with van der Waals surface area (Å²) in [7, 11) is 0. The van der Waals surface area contributed by atoms with E-state index in [2.05, 4.69) is 39.2 Å². The lowest BCUT2D eigenvalue weighted by molar-refractivity contribution is 0.433. The maximum atomic E-state index is 4.76. The standard InChI is InChI=1S/C17H18N4S/c1-2-8-18-17(5-1)20-12-6-7-13-14(10-12)21-15(11-19-13)16-4-3-9-22-16/h3-4,6-7,9-11,17-18,20H,1-2,5,8H2. The molecule has 1 aliphatic heterocycles. The van der Waals surface area contributed by atoms with Crippen LogP contribution in [0.15, 0.2) is 41.9 Å². The minimum Gasteiger partial charge on any atom is -0.370 e. The van der Waals surface area contributed by atoms with Gasteiger partial charge in [0.1, 0.15) is 0 Å². The van der Waals surface area contributed by atoms with Crippen LogP contribution >= 0.6 is 11.3 Å². The van der Waals surface area contributed by atoms with Crippen LogP contribution in [0.1, 0.15) is 19.3 Å². The number of benzene rings is 1. The fraction of sp³-hybridized carbons (Fsp3) is 0.294. The van der Waals surface area contributed by atoms with Gasteiger partial charge >= 0.3 is 0 Å². The van der Waals surface area contributed by atoms with Crippen LogP contribution in [0.2, 0.25) is 0 Å². The highest BCUT2D eigenvalue weighted by Crippen LogP contribution is 2.25. The minimum atomic E-state index is 0.361. The Balaban J connectivity index is 1.63. The van der Waals surface area contributed by atoms with Crippen molar-refractivity contribution in [3.05, 3.63) is 41.9 Å². The normalized spacial score (nSPS) is 18.5. The molecule has 1 atom stereocenters. The van der Waals surface area contributed by atoms with Crippen molar-refractivity contribution in [2.45, 2.75) is 25.4 Å². The molecule has 5 heteroatoms. The Bertz CT molecular complexity index is 763. The first kappa shape index (κ1) is 13.7. The highest BCUT2D eigenvalue weighted by Gasteiger charge is 2.12. The first-order chi connectivity index (χ1) is 10.9. The molecule has 1 fully saturated rings. The van der Waals surface area contributed by atoms with Crippen LogP contribution in [0.3, 0.4) is 0 Å². The maximum absolute atomic E-state index is 4.76. The summed E-state index contributed by atoms with van der Waals surface area (Å²) in [4.78, 5) is 10.4. The molecule has 1 saturated heterocycles. The first-order valence-electron chi connectivity index (χ1n) is 7.69. The van der Waals surface area contributed by atoms with Gasteiger partial charge in [0.2, 0.25) is 0 Å². The SMILES string of the molecule is c1csc(-c2cnc3ccc(NC4CCCCN4)cc3n2)c1. The van der Waals surface area contributed by atoms with Crippen molar-refractivity contribution in [1.29, 1.82) is 0 Å². The summed E-state index contributed by atoms with van der Waals surface area (Å²) in [6.07, 6.45) is 5.93. The topological polar surface area (TPSA) is 49.8 Å². The van der Waals surface area contributed by atoms with Crippen LogP contribution in [0.25, 0.3) is 21.6 Å². The van der Waals surface area contributed by atoms with E-state index in [1.165, 1.54) is 19.3 Å². The van der Waals surface area contributed by atoms with Gasteiger partial charge in [0, 0.05) is 5.69 Å². The maximum Gasteiger partial charge on any atom is 0.0992 e. The van der Waals surface area contributed by atoms with Gasteiger partial charge in [0.15, 0.2) is 0 Å². The van der Waals surface area contributed by atoms with Gasteiger partial charge in [-0.2, -0.15) is 0 Å². The molecule has 2 N–H and O–H groups in total. The number of hydrogen-bond acceptors (Lipinski definition) is 5. The molecule has 3 heterocycles. The number of thiophene rings is 1. The molecule has 0 aliphatic carbocycles. The van der Waals surface area contributed by atoms with Gasteiger partial charge < -0.3 is 5.32 Å². The lowest BCUT2D eigenvalue weighted by Gasteiger charge is -2.25. The molecule has 0 amide bonds. The number of fused-ring (bicyclic) bond motifs is 1. The molecule has 0 spiro atoms. The highest BCUT2D eigenvalue weighted by molar-refractivity contribution is 7.13. The number of hydrogen-bond donors (Lipinski definition) is 2. The summed E-state index contributed by atoms with van der Waals surface area (Å²) in [5, 5.41) is 9.12. The Kier molecular flexibility index (Phi) is 3.74. The molecular formula is C17H18N4S. The molecule has 22 heavy (non-hydrogen) atoms. The zero-order valence-corrected chi connectivity index (χ0v) is 13.1. The largest absolute Gasteiger partial charge is 0.370 e. The van der Waals surface area contributed by atoms with Crippen molar-refractivity contribution in [3.8, 4) is 10.6 Å². The molecule has 112 valence electrons. The van der Waals surface area contributed by atoms with Crippen LogP contribution in [-0.4, -0.2) is 22.7 Å². The summed E-state index contributed by atoms with van der Waals surface area (Å²) in [5.41, 5.74) is 3.91. The summed E-state index contributed by atoms with van der Waals surface area (Å²) >= 11 is 1.69. The van der Waals surface area contributed by atoms with Crippen LogP contribution in [0, 0.1) is 0 Å². The smallest absolute Gasteiger partial charge is 0.0992 e. The molecule has 4 nitrogen and oxygen atoms in total. The third kappa shape index (κ3) is 2.82. The molecular weight excluding hydrogens is 292 g/mol. The molecule has 0 saturated carbocycles. The van der Waals surface area contributed by atoms with Gasteiger partial charge in [-0.05, 0) is 55.5 Å². The van der Waals surface area contributed by atoms with Crippen molar-refractivity contribution in [2.24, 2.45) is 0 Å². The van der Waals surface area contributed by atoms with E-state index in [0.29, 0.717) is 6.17 Å². The Morgan fingerprint density at radius 3 is 3.00 bits per heavy atom. The zero-order chi connectivity index (χ0) is 14.8. The Morgan fingerprint density at radius 2 is 2.18 bits per heavy atom. The van der Waals surface area contributed by atoms with E-state index in [1.54, 1.807) is 11.3 Å². The summed E-state index contributed by atoms with van der Waals surface area (Å²) in [5.74, 6) is 0. The average molecular weight is 310 g/mol. The van der Waals surface area contributed by atoms with Crippen LogP contribution < -0.4 is 10.6 Å². The average Bonchev–Trinajstić information content (AvgIpc) is 3.10. The number of anilines is 1. The lowest BCUT2D eigenvalue weighted by atomic mass is 10.1. The predicted octanol–water partition coefficient (Wildman–Crippen LogP) is 3.87. The Hall–Kier alpha value is -1.98. The van der Waals surface area contributed by atoms with Crippen molar-refractivity contribution >= 4 is 28.1 Å². The van der Waals surface area contributed by atoms with Crippen molar-refractivity contribution in [3.63, 3.8) is 0 Å². The van der Waals surface area contributed by atoms with Crippen LogP contribution in [0.5, 0.6) is 0 Å². The number of piperidine rings is 1. The monoisotopic (exact) mass is 310 g/mol. The van der Waals surface area contributed by atoms with E-state index in [0.717, 1.165) is 33.8 Å². The van der Waals surface area contributed by atoms with Crippen molar-refractivity contribution in [1.82, 2.24) is 15.3 Å².